The Balaban J connectivity index is 1.94. The summed E-state index contributed by atoms with van der Waals surface area (Å²) in [6, 6.07) is 0.727. The Morgan fingerprint density at radius 2 is 1.88 bits per heavy atom. The summed E-state index contributed by atoms with van der Waals surface area (Å²) in [5.74, 6) is 1.51. The molecular formula is C14H25NO. The van der Waals surface area contributed by atoms with Crippen LogP contribution >= 0.6 is 0 Å². The van der Waals surface area contributed by atoms with Gasteiger partial charge in [-0.15, -0.1) is 0 Å². The molecule has 1 heterocycles. The van der Waals surface area contributed by atoms with Crippen LogP contribution in [0.2, 0.25) is 0 Å². The normalized spacial score (nSPS) is 31.4. The van der Waals surface area contributed by atoms with Crippen molar-refractivity contribution in [3.05, 3.63) is 0 Å². The summed E-state index contributed by atoms with van der Waals surface area (Å²) in [5, 5.41) is 0. The van der Waals surface area contributed by atoms with Crippen molar-refractivity contribution in [2.75, 3.05) is 13.1 Å². The van der Waals surface area contributed by atoms with E-state index in [2.05, 4.69) is 4.90 Å². The molecule has 1 aliphatic heterocycles. The lowest BCUT2D eigenvalue weighted by Gasteiger charge is -2.44. The minimum atomic E-state index is 0.198. The number of Topliss-reactive ketones (excluding diaryl/α,β-unsaturated/α-hetero) is 1. The molecular weight excluding hydrogens is 198 g/mol. The molecule has 0 aromatic rings. The van der Waals surface area contributed by atoms with Crippen LogP contribution < -0.4 is 0 Å². The van der Waals surface area contributed by atoms with Crippen LogP contribution in [0.15, 0.2) is 0 Å². The number of ketones is 1. The van der Waals surface area contributed by atoms with Crippen molar-refractivity contribution in [1.82, 2.24) is 4.90 Å². The lowest BCUT2D eigenvalue weighted by Crippen LogP contribution is -2.49. The predicted octanol–water partition coefficient (Wildman–Crippen LogP) is 2.87. The fourth-order valence-electron chi connectivity index (χ4n) is 3.31. The summed E-state index contributed by atoms with van der Waals surface area (Å²) in [7, 11) is 0. The third-order valence-electron chi connectivity index (χ3n) is 4.36. The van der Waals surface area contributed by atoms with Gasteiger partial charge in [-0.25, -0.2) is 0 Å². The van der Waals surface area contributed by atoms with Crippen LogP contribution in [-0.2, 0) is 4.79 Å². The Bertz CT molecular complexity index is 247. The standard InChI is InChI=1S/C14H25NO/c1-11(2)14(16)10-15-9-5-7-12-6-3-4-8-13(12)15/h11-13H,3-10H2,1-2H3/t12-,13-/m1/s1. The number of nitrogens with zero attached hydrogens (tertiary/aromatic N) is 1. The van der Waals surface area contributed by atoms with Crippen LogP contribution in [-0.4, -0.2) is 29.8 Å². The summed E-state index contributed by atoms with van der Waals surface area (Å²) in [6.07, 6.45) is 8.21. The van der Waals surface area contributed by atoms with Gasteiger partial charge in [-0.2, -0.15) is 0 Å². The van der Waals surface area contributed by atoms with E-state index in [0.717, 1.165) is 18.5 Å². The van der Waals surface area contributed by atoms with Crippen LogP contribution in [0.5, 0.6) is 0 Å². The summed E-state index contributed by atoms with van der Waals surface area (Å²) < 4.78 is 0. The zero-order valence-electron chi connectivity index (χ0n) is 10.7. The second kappa shape index (κ2) is 5.31. The SMILES string of the molecule is CC(C)C(=O)CN1CCC[C@H]2CCCC[C@H]21. The van der Waals surface area contributed by atoms with Gasteiger partial charge in [0.15, 0.2) is 0 Å². The molecule has 2 nitrogen and oxygen atoms in total. The molecule has 0 N–H and O–H groups in total. The smallest absolute Gasteiger partial charge is 0.149 e. The number of fused-ring (bicyclic) bond motifs is 1. The molecule has 92 valence electrons. The van der Waals surface area contributed by atoms with E-state index in [0.29, 0.717) is 12.3 Å². The lowest BCUT2D eigenvalue weighted by molar-refractivity contribution is -0.124. The van der Waals surface area contributed by atoms with Crippen molar-refractivity contribution in [3.63, 3.8) is 0 Å². The maximum Gasteiger partial charge on any atom is 0.149 e. The van der Waals surface area contributed by atoms with E-state index in [9.17, 15) is 4.79 Å². The Labute approximate surface area is 99.4 Å². The highest BCUT2D eigenvalue weighted by Crippen LogP contribution is 2.35. The van der Waals surface area contributed by atoms with Crippen LogP contribution in [0.3, 0.4) is 0 Å². The molecule has 0 aromatic carbocycles. The van der Waals surface area contributed by atoms with E-state index >= 15 is 0 Å². The van der Waals surface area contributed by atoms with Crippen molar-refractivity contribution in [3.8, 4) is 0 Å². The first-order chi connectivity index (χ1) is 7.68. The van der Waals surface area contributed by atoms with Crippen LogP contribution in [0, 0.1) is 11.8 Å². The third-order valence-corrected chi connectivity index (χ3v) is 4.36. The topological polar surface area (TPSA) is 20.3 Å². The van der Waals surface area contributed by atoms with E-state index in [1.807, 2.05) is 13.8 Å². The van der Waals surface area contributed by atoms with Crippen LogP contribution in [0.1, 0.15) is 52.4 Å². The quantitative estimate of drug-likeness (QED) is 0.733. The van der Waals surface area contributed by atoms with Gasteiger partial charge in [0.05, 0.1) is 6.54 Å². The van der Waals surface area contributed by atoms with E-state index < -0.39 is 0 Å². The molecule has 0 bridgehead atoms. The maximum absolute atomic E-state index is 11.8. The summed E-state index contributed by atoms with van der Waals surface area (Å²) in [4.78, 5) is 14.3. The molecule has 2 fully saturated rings. The molecule has 1 saturated heterocycles. The van der Waals surface area contributed by atoms with Gasteiger partial charge < -0.3 is 0 Å². The number of likely N-dealkylation sites (tertiary alicyclic amines) is 1. The van der Waals surface area contributed by atoms with E-state index in [1.54, 1.807) is 0 Å². The molecule has 2 atom stereocenters. The molecule has 2 rings (SSSR count). The first-order valence-corrected chi connectivity index (χ1v) is 6.95. The molecule has 1 saturated carbocycles. The zero-order chi connectivity index (χ0) is 11.5. The fraction of sp³-hybridized carbons (Fsp3) is 0.929. The van der Waals surface area contributed by atoms with Crippen LogP contribution in [0.25, 0.3) is 0 Å². The Morgan fingerprint density at radius 1 is 1.19 bits per heavy atom. The number of carbonyl (C=O) groups excluding carboxylic acids is 1. The molecule has 0 unspecified atom stereocenters. The first kappa shape index (κ1) is 12.1. The minimum absolute atomic E-state index is 0.198. The molecule has 0 amide bonds. The predicted molar refractivity (Wildman–Crippen MR) is 66.4 cm³/mol. The summed E-state index contributed by atoms with van der Waals surface area (Å²) in [5.41, 5.74) is 0. The average molecular weight is 223 g/mol. The van der Waals surface area contributed by atoms with Gasteiger partial charge in [-0.3, -0.25) is 9.69 Å². The molecule has 16 heavy (non-hydrogen) atoms. The first-order valence-electron chi connectivity index (χ1n) is 6.95. The van der Waals surface area contributed by atoms with Gasteiger partial charge in [0, 0.05) is 12.0 Å². The average Bonchev–Trinajstić information content (AvgIpc) is 2.29. The monoisotopic (exact) mass is 223 g/mol. The van der Waals surface area contributed by atoms with E-state index in [4.69, 9.17) is 0 Å². The van der Waals surface area contributed by atoms with Crippen molar-refractivity contribution in [2.45, 2.75) is 58.4 Å². The molecule has 0 radical (unpaired) electrons. The summed E-state index contributed by atoms with van der Waals surface area (Å²) >= 11 is 0. The Morgan fingerprint density at radius 3 is 2.62 bits per heavy atom. The lowest BCUT2D eigenvalue weighted by atomic mass is 9.78. The van der Waals surface area contributed by atoms with Crippen molar-refractivity contribution in [1.29, 1.82) is 0 Å². The van der Waals surface area contributed by atoms with Crippen molar-refractivity contribution < 1.29 is 4.79 Å². The largest absolute Gasteiger partial charge is 0.298 e. The molecule has 0 aromatic heterocycles. The molecule has 2 aliphatic rings. The highest BCUT2D eigenvalue weighted by atomic mass is 16.1. The second-order valence-electron chi connectivity index (χ2n) is 5.85. The Hall–Kier alpha value is -0.370. The van der Waals surface area contributed by atoms with Gasteiger partial charge in [0.2, 0.25) is 0 Å². The van der Waals surface area contributed by atoms with Gasteiger partial charge in [0.25, 0.3) is 0 Å². The van der Waals surface area contributed by atoms with E-state index in [1.165, 1.54) is 38.5 Å². The zero-order valence-corrected chi connectivity index (χ0v) is 10.7. The van der Waals surface area contributed by atoms with Gasteiger partial charge in [0.1, 0.15) is 5.78 Å². The Kier molecular flexibility index (Phi) is 4.01. The van der Waals surface area contributed by atoms with Crippen LogP contribution in [0.4, 0.5) is 0 Å². The highest BCUT2D eigenvalue weighted by molar-refractivity contribution is 5.82. The number of piperidine rings is 1. The minimum Gasteiger partial charge on any atom is -0.298 e. The van der Waals surface area contributed by atoms with Gasteiger partial charge in [-0.1, -0.05) is 26.7 Å². The maximum atomic E-state index is 11.8. The highest BCUT2D eigenvalue weighted by Gasteiger charge is 2.33. The number of hydrogen-bond acceptors (Lipinski definition) is 2. The van der Waals surface area contributed by atoms with Gasteiger partial charge in [-0.05, 0) is 38.1 Å². The molecule has 2 heteroatoms. The van der Waals surface area contributed by atoms with E-state index in [-0.39, 0.29) is 5.92 Å². The summed E-state index contributed by atoms with van der Waals surface area (Å²) in [6.45, 7) is 5.90. The van der Waals surface area contributed by atoms with Gasteiger partial charge >= 0.3 is 0 Å². The number of hydrogen-bond donors (Lipinski definition) is 0. The third kappa shape index (κ3) is 2.65. The number of rotatable bonds is 3. The second-order valence-corrected chi connectivity index (χ2v) is 5.85. The number of carbonyl (C=O) groups is 1. The van der Waals surface area contributed by atoms with Crippen molar-refractivity contribution in [2.24, 2.45) is 11.8 Å². The fourth-order valence-corrected chi connectivity index (χ4v) is 3.31. The molecule has 0 spiro atoms. The van der Waals surface area contributed by atoms with Crippen molar-refractivity contribution >= 4 is 5.78 Å². The molecule has 1 aliphatic carbocycles.